The number of carbonyl (C=O) groups excluding carboxylic acids is 1. The minimum Gasteiger partial charge on any atom is -0.378 e. The molecule has 1 aromatic rings. The van der Waals surface area contributed by atoms with Gasteiger partial charge in [0.2, 0.25) is 5.92 Å². The fraction of sp³-hybridized carbons (Fsp3) is 0.562. The highest BCUT2D eigenvalue weighted by Gasteiger charge is 2.37. The molecular weight excluding hydrogens is 276 g/mol. The van der Waals surface area contributed by atoms with Crippen molar-refractivity contribution in [2.24, 2.45) is 5.92 Å². The van der Waals surface area contributed by atoms with Gasteiger partial charge < -0.3 is 9.90 Å². The Balaban J connectivity index is 1.96. The predicted octanol–water partition coefficient (Wildman–Crippen LogP) is 3.05. The average molecular weight is 297 g/mol. The summed E-state index contributed by atoms with van der Waals surface area (Å²) in [6.45, 7) is 0. The van der Waals surface area contributed by atoms with Crippen molar-refractivity contribution in [1.82, 2.24) is 5.32 Å². The smallest absolute Gasteiger partial charge is 0.248 e. The van der Waals surface area contributed by atoms with Gasteiger partial charge >= 0.3 is 0 Å². The molecule has 0 aromatic heterocycles. The van der Waals surface area contributed by atoms with E-state index in [0.717, 1.165) is 11.8 Å². The third-order valence-corrected chi connectivity index (χ3v) is 4.11. The van der Waals surface area contributed by atoms with Gasteiger partial charge in [0.05, 0.1) is 0 Å². The van der Waals surface area contributed by atoms with Crippen molar-refractivity contribution in [2.75, 3.05) is 0 Å². The van der Waals surface area contributed by atoms with Crippen LogP contribution in [0.2, 0.25) is 0 Å². The molecule has 0 radical (unpaired) electrons. The summed E-state index contributed by atoms with van der Waals surface area (Å²) >= 11 is 0. The summed E-state index contributed by atoms with van der Waals surface area (Å²) < 4.78 is 26.3. The molecule has 0 aliphatic heterocycles. The van der Waals surface area contributed by atoms with Gasteiger partial charge in [0.15, 0.2) is 0 Å². The monoisotopic (exact) mass is 297 g/mol. The van der Waals surface area contributed by atoms with E-state index in [0.29, 0.717) is 12.8 Å². The van der Waals surface area contributed by atoms with Crippen LogP contribution in [0.5, 0.6) is 0 Å². The van der Waals surface area contributed by atoms with Gasteiger partial charge in [0.25, 0.3) is 0 Å². The third kappa shape index (κ3) is 4.58. The number of hydrogen-bond acceptors (Lipinski definition) is 3. The van der Waals surface area contributed by atoms with Crippen LogP contribution >= 0.6 is 0 Å². The molecule has 0 bridgehead atoms. The molecule has 1 unspecified atom stereocenters. The molecule has 116 valence electrons. The van der Waals surface area contributed by atoms with Crippen LogP contribution in [0.4, 0.5) is 8.78 Å². The Bertz CT molecular complexity index is 443. The van der Waals surface area contributed by atoms with Crippen molar-refractivity contribution < 1.29 is 18.7 Å². The number of rotatable bonds is 6. The minimum absolute atomic E-state index is 0.180. The van der Waals surface area contributed by atoms with E-state index in [9.17, 15) is 18.7 Å². The maximum absolute atomic E-state index is 13.1. The van der Waals surface area contributed by atoms with Crippen LogP contribution in [0, 0.1) is 5.92 Å². The Labute approximate surface area is 123 Å². The van der Waals surface area contributed by atoms with Crippen LogP contribution in [0.15, 0.2) is 30.3 Å². The molecule has 2 atom stereocenters. The molecular formula is C16H21F2NO2. The second-order valence-corrected chi connectivity index (χ2v) is 5.67. The molecule has 3 nitrogen and oxygen atoms in total. The average Bonchev–Trinajstić information content (AvgIpc) is 2.47. The third-order valence-electron chi connectivity index (χ3n) is 4.11. The molecule has 1 aliphatic rings. The van der Waals surface area contributed by atoms with E-state index in [1.807, 2.05) is 30.3 Å². The summed E-state index contributed by atoms with van der Waals surface area (Å²) in [6, 6.07) is 9.07. The van der Waals surface area contributed by atoms with E-state index in [2.05, 4.69) is 5.32 Å². The number of nitrogens with one attached hydrogen (secondary N) is 1. The Morgan fingerprint density at radius 3 is 2.48 bits per heavy atom. The van der Waals surface area contributed by atoms with Crippen LogP contribution in [0.1, 0.15) is 43.7 Å². The minimum atomic E-state index is -2.60. The predicted molar refractivity (Wildman–Crippen MR) is 75.9 cm³/mol. The fourth-order valence-corrected chi connectivity index (χ4v) is 2.80. The van der Waals surface area contributed by atoms with Gasteiger partial charge in [0, 0.05) is 25.3 Å². The van der Waals surface area contributed by atoms with Crippen molar-refractivity contribution in [3.63, 3.8) is 0 Å². The zero-order valence-corrected chi connectivity index (χ0v) is 11.8. The Hall–Kier alpha value is -1.33. The second-order valence-electron chi connectivity index (χ2n) is 5.67. The number of hydrogen-bond donors (Lipinski definition) is 2. The molecule has 1 aliphatic carbocycles. The lowest BCUT2D eigenvalue weighted by molar-refractivity contribution is -0.108. The van der Waals surface area contributed by atoms with Crippen molar-refractivity contribution >= 4 is 6.29 Å². The largest absolute Gasteiger partial charge is 0.378 e. The highest BCUT2D eigenvalue weighted by Crippen LogP contribution is 2.37. The molecule has 0 amide bonds. The number of carbonyl (C=O) groups is 1. The number of halogens is 2. The number of aliphatic hydroxyl groups excluding tert-OH is 1. The molecule has 0 heterocycles. The highest BCUT2D eigenvalue weighted by molar-refractivity contribution is 5.51. The van der Waals surface area contributed by atoms with Crippen molar-refractivity contribution in [1.29, 1.82) is 0 Å². The quantitative estimate of drug-likeness (QED) is 0.627. The summed E-state index contributed by atoms with van der Waals surface area (Å²) in [5.41, 5.74) is 0.907. The summed E-state index contributed by atoms with van der Waals surface area (Å²) in [4.78, 5) is 10.8. The van der Waals surface area contributed by atoms with Gasteiger partial charge in [-0.15, -0.1) is 0 Å². The molecule has 21 heavy (non-hydrogen) atoms. The first-order valence-corrected chi connectivity index (χ1v) is 7.32. The molecule has 2 N–H and O–H groups in total. The number of aldehydes is 1. The first-order chi connectivity index (χ1) is 10.0. The van der Waals surface area contributed by atoms with Gasteiger partial charge in [-0.25, -0.2) is 8.78 Å². The van der Waals surface area contributed by atoms with Gasteiger partial charge in [-0.05, 0) is 24.3 Å². The summed E-state index contributed by atoms with van der Waals surface area (Å²) in [6.07, 6.45) is 0.399. The maximum atomic E-state index is 13.1. The van der Waals surface area contributed by atoms with Crippen LogP contribution in [-0.4, -0.2) is 23.5 Å². The lowest BCUT2D eigenvalue weighted by Crippen LogP contribution is -2.41. The van der Waals surface area contributed by atoms with E-state index < -0.39 is 12.2 Å². The zero-order chi connectivity index (χ0) is 15.3. The van der Waals surface area contributed by atoms with E-state index in [1.54, 1.807) is 0 Å². The fourth-order valence-electron chi connectivity index (χ4n) is 2.80. The number of aliphatic hydroxyl groups is 1. The van der Waals surface area contributed by atoms with Crippen molar-refractivity contribution in [3.8, 4) is 0 Å². The van der Waals surface area contributed by atoms with Gasteiger partial charge in [0.1, 0.15) is 12.5 Å². The Morgan fingerprint density at radius 2 is 1.90 bits per heavy atom. The molecule has 1 aromatic carbocycles. The van der Waals surface area contributed by atoms with Gasteiger partial charge in [-0.1, -0.05) is 30.3 Å². The summed E-state index contributed by atoms with van der Waals surface area (Å²) in [5, 5.41) is 13.2. The summed E-state index contributed by atoms with van der Waals surface area (Å²) in [5.74, 6) is -2.79. The molecule has 1 fully saturated rings. The molecule has 5 heteroatoms. The number of alkyl halides is 2. The molecule has 0 saturated heterocycles. The topological polar surface area (TPSA) is 49.3 Å². The molecule has 2 rings (SSSR count). The first-order valence-electron chi connectivity index (χ1n) is 7.32. The van der Waals surface area contributed by atoms with Crippen LogP contribution in [0.25, 0.3) is 0 Å². The highest BCUT2D eigenvalue weighted by atomic mass is 19.3. The van der Waals surface area contributed by atoms with Crippen LogP contribution in [0.3, 0.4) is 0 Å². The van der Waals surface area contributed by atoms with Gasteiger partial charge in [-0.3, -0.25) is 5.32 Å². The first kappa shape index (κ1) is 16.0. The summed E-state index contributed by atoms with van der Waals surface area (Å²) in [7, 11) is 0. The zero-order valence-electron chi connectivity index (χ0n) is 11.8. The maximum Gasteiger partial charge on any atom is 0.248 e. The molecule has 1 saturated carbocycles. The second kappa shape index (κ2) is 7.09. The normalized spacial score (nSPS) is 21.7. The van der Waals surface area contributed by atoms with Crippen LogP contribution in [-0.2, 0) is 4.79 Å². The van der Waals surface area contributed by atoms with Crippen LogP contribution < -0.4 is 5.32 Å². The van der Waals surface area contributed by atoms with Gasteiger partial charge in [-0.2, -0.15) is 0 Å². The number of benzene rings is 1. The lowest BCUT2D eigenvalue weighted by atomic mass is 9.85. The SMILES string of the molecule is O=CC[C@H](NC(O)C1CCC(F)(F)CC1)c1ccccc1. The van der Waals surface area contributed by atoms with Crippen molar-refractivity contribution in [3.05, 3.63) is 35.9 Å². The standard InChI is InChI=1S/C16H21F2NO2/c17-16(18)9-6-13(7-10-16)15(21)19-14(8-11-20)12-4-2-1-3-5-12/h1-5,11,13-15,19,21H,6-10H2/t14-,15?/m0/s1. The van der Waals surface area contributed by atoms with Crippen molar-refractivity contribution in [2.45, 2.75) is 50.3 Å². The Morgan fingerprint density at radius 1 is 1.29 bits per heavy atom. The van der Waals surface area contributed by atoms with E-state index >= 15 is 0 Å². The lowest BCUT2D eigenvalue weighted by Gasteiger charge is -2.33. The van der Waals surface area contributed by atoms with E-state index in [-0.39, 0.29) is 31.2 Å². The molecule has 0 spiro atoms. The van der Waals surface area contributed by atoms with E-state index in [1.165, 1.54) is 0 Å². The Kier molecular flexibility index (Phi) is 5.42. The van der Waals surface area contributed by atoms with E-state index in [4.69, 9.17) is 0 Å².